The highest BCUT2D eigenvalue weighted by Gasteiger charge is 2.11. The van der Waals surface area contributed by atoms with Gasteiger partial charge in [-0.05, 0) is 86.1 Å². The highest BCUT2D eigenvalue weighted by molar-refractivity contribution is 5.51. The van der Waals surface area contributed by atoms with Gasteiger partial charge in [0, 0.05) is 24.7 Å². The second-order valence-corrected chi connectivity index (χ2v) is 8.10. The predicted octanol–water partition coefficient (Wildman–Crippen LogP) is 7.09. The molecule has 3 rings (SSSR count). The minimum atomic E-state index is 0.431. The number of anilines is 1. The number of hydrogen-bond donors (Lipinski definition) is 0. The van der Waals surface area contributed by atoms with Gasteiger partial charge in [-0.3, -0.25) is 0 Å². The fraction of sp³-hybridized carbons (Fsp3) is 0.357. The number of aryl methyl sites for hydroxylation is 4. The lowest BCUT2D eigenvalue weighted by atomic mass is 9.89. The highest BCUT2D eigenvalue weighted by Crippen LogP contribution is 2.27. The number of nitrogens with zero attached hydrogens (tertiary/aromatic N) is 1. The average molecular weight is 386 g/mol. The fourth-order valence-corrected chi connectivity index (χ4v) is 4.25. The smallest absolute Gasteiger partial charge is 0.0368 e. The normalized spacial score (nSPS) is 12.0. The molecule has 0 N–H and O–H groups in total. The van der Waals surface area contributed by atoms with Crippen LogP contribution in [0.3, 0.4) is 0 Å². The standard InChI is InChI=1S/C28H35N/c1-6-29(7-2)27-19-18-25(22(4)20-27)15-12-24-13-16-26(17-14-24)23(5)28-11-9-8-10-21(28)3/h8-11,13-14,16-20,23H,6-7,12,15H2,1-5H3. The minimum Gasteiger partial charge on any atom is -0.372 e. The van der Waals surface area contributed by atoms with Gasteiger partial charge in [-0.25, -0.2) is 0 Å². The van der Waals surface area contributed by atoms with Crippen LogP contribution in [0, 0.1) is 13.8 Å². The molecule has 152 valence electrons. The lowest BCUT2D eigenvalue weighted by Gasteiger charge is -2.22. The zero-order valence-electron chi connectivity index (χ0n) is 18.7. The Bertz CT molecular complexity index is 919. The van der Waals surface area contributed by atoms with Gasteiger partial charge in [-0.15, -0.1) is 0 Å². The van der Waals surface area contributed by atoms with Crippen molar-refractivity contribution in [1.82, 2.24) is 0 Å². The SMILES string of the molecule is CCN(CC)c1ccc(CCc2ccc(C(C)c3ccccc3C)cc2)c(C)c1. The molecule has 0 saturated heterocycles. The van der Waals surface area contributed by atoms with E-state index in [9.17, 15) is 0 Å². The molecular formula is C28H35N. The summed E-state index contributed by atoms with van der Waals surface area (Å²) < 4.78 is 0. The zero-order valence-corrected chi connectivity index (χ0v) is 18.7. The van der Waals surface area contributed by atoms with Gasteiger partial charge in [-0.2, -0.15) is 0 Å². The Morgan fingerprint density at radius 3 is 2.07 bits per heavy atom. The van der Waals surface area contributed by atoms with Crippen molar-refractivity contribution in [3.8, 4) is 0 Å². The summed E-state index contributed by atoms with van der Waals surface area (Å²) in [4.78, 5) is 2.41. The molecule has 1 nitrogen and oxygen atoms in total. The molecule has 0 heterocycles. The van der Waals surface area contributed by atoms with Gasteiger partial charge < -0.3 is 4.90 Å². The summed E-state index contributed by atoms with van der Waals surface area (Å²) >= 11 is 0. The van der Waals surface area contributed by atoms with Crippen LogP contribution in [0.1, 0.15) is 60.1 Å². The maximum atomic E-state index is 2.41. The van der Waals surface area contributed by atoms with Gasteiger partial charge in [0.2, 0.25) is 0 Å². The quantitative estimate of drug-likeness (QED) is 0.400. The summed E-state index contributed by atoms with van der Waals surface area (Å²) in [6.07, 6.45) is 2.18. The van der Waals surface area contributed by atoms with Crippen molar-refractivity contribution in [2.75, 3.05) is 18.0 Å². The van der Waals surface area contributed by atoms with Crippen molar-refractivity contribution < 1.29 is 0 Å². The van der Waals surface area contributed by atoms with Crippen molar-refractivity contribution in [2.24, 2.45) is 0 Å². The third-order valence-electron chi connectivity index (χ3n) is 6.27. The molecule has 0 saturated carbocycles. The maximum Gasteiger partial charge on any atom is 0.0368 e. The van der Waals surface area contributed by atoms with Crippen LogP contribution in [-0.4, -0.2) is 13.1 Å². The van der Waals surface area contributed by atoms with Gasteiger partial charge >= 0.3 is 0 Å². The monoisotopic (exact) mass is 385 g/mol. The summed E-state index contributed by atoms with van der Waals surface area (Å²) in [5.41, 5.74) is 9.79. The Kier molecular flexibility index (Phi) is 7.14. The molecule has 0 aromatic heterocycles. The lowest BCUT2D eigenvalue weighted by Crippen LogP contribution is -2.21. The first kappa shape index (κ1) is 21.2. The van der Waals surface area contributed by atoms with Crippen LogP contribution in [0.25, 0.3) is 0 Å². The fourth-order valence-electron chi connectivity index (χ4n) is 4.25. The van der Waals surface area contributed by atoms with Crippen LogP contribution in [0.2, 0.25) is 0 Å². The Hall–Kier alpha value is -2.54. The van der Waals surface area contributed by atoms with Crippen LogP contribution in [0.4, 0.5) is 5.69 Å². The van der Waals surface area contributed by atoms with E-state index in [1.165, 1.54) is 39.1 Å². The Morgan fingerprint density at radius 2 is 1.45 bits per heavy atom. The van der Waals surface area contributed by atoms with Crippen molar-refractivity contribution in [2.45, 2.75) is 53.4 Å². The largest absolute Gasteiger partial charge is 0.372 e. The van der Waals surface area contributed by atoms with Crippen molar-refractivity contribution in [1.29, 1.82) is 0 Å². The van der Waals surface area contributed by atoms with Crippen molar-refractivity contribution >= 4 is 5.69 Å². The number of hydrogen-bond acceptors (Lipinski definition) is 1. The third-order valence-corrected chi connectivity index (χ3v) is 6.27. The van der Waals surface area contributed by atoms with Crippen LogP contribution in [0.15, 0.2) is 66.7 Å². The number of rotatable bonds is 8. The summed E-state index contributed by atoms with van der Waals surface area (Å²) in [6, 6.07) is 24.9. The van der Waals surface area contributed by atoms with E-state index in [1.54, 1.807) is 0 Å². The van der Waals surface area contributed by atoms with Gasteiger partial charge in [0.05, 0.1) is 0 Å². The molecule has 29 heavy (non-hydrogen) atoms. The van der Waals surface area contributed by atoms with E-state index in [-0.39, 0.29) is 0 Å². The van der Waals surface area contributed by atoms with E-state index in [1.807, 2.05) is 0 Å². The molecule has 3 aromatic carbocycles. The maximum absolute atomic E-state index is 2.41. The van der Waals surface area contributed by atoms with E-state index in [2.05, 4.69) is 106 Å². The van der Waals surface area contributed by atoms with E-state index in [4.69, 9.17) is 0 Å². The molecular weight excluding hydrogens is 350 g/mol. The molecule has 1 unspecified atom stereocenters. The predicted molar refractivity (Wildman–Crippen MR) is 127 cm³/mol. The molecule has 0 amide bonds. The lowest BCUT2D eigenvalue weighted by molar-refractivity contribution is 0.862. The van der Waals surface area contributed by atoms with Crippen LogP contribution in [-0.2, 0) is 12.8 Å². The van der Waals surface area contributed by atoms with Crippen LogP contribution >= 0.6 is 0 Å². The second-order valence-electron chi connectivity index (χ2n) is 8.10. The highest BCUT2D eigenvalue weighted by atomic mass is 15.1. The second kappa shape index (κ2) is 9.78. The zero-order chi connectivity index (χ0) is 20.8. The Balaban J connectivity index is 1.65. The Labute approximate surface area is 177 Å². The van der Waals surface area contributed by atoms with Crippen molar-refractivity contribution in [3.05, 3.63) is 100 Å². The number of benzene rings is 3. The molecule has 0 aliphatic carbocycles. The molecule has 1 heteroatoms. The minimum absolute atomic E-state index is 0.431. The summed E-state index contributed by atoms with van der Waals surface area (Å²) in [5.74, 6) is 0.431. The average Bonchev–Trinajstić information content (AvgIpc) is 2.74. The molecule has 0 radical (unpaired) electrons. The summed E-state index contributed by atoms with van der Waals surface area (Å²) in [7, 11) is 0. The van der Waals surface area contributed by atoms with Gasteiger partial charge in [-0.1, -0.05) is 61.5 Å². The first-order valence-electron chi connectivity index (χ1n) is 11.0. The first-order valence-corrected chi connectivity index (χ1v) is 11.0. The molecule has 0 aliphatic rings. The molecule has 3 aromatic rings. The van der Waals surface area contributed by atoms with E-state index < -0.39 is 0 Å². The Morgan fingerprint density at radius 1 is 0.759 bits per heavy atom. The van der Waals surface area contributed by atoms with Gasteiger partial charge in [0.25, 0.3) is 0 Å². The molecule has 0 bridgehead atoms. The molecule has 0 fully saturated rings. The van der Waals surface area contributed by atoms with E-state index in [0.29, 0.717) is 5.92 Å². The topological polar surface area (TPSA) is 3.24 Å². The van der Waals surface area contributed by atoms with E-state index in [0.717, 1.165) is 25.9 Å². The van der Waals surface area contributed by atoms with Crippen LogP contribution in [0.5, 0.6) is 0 Å². The van der Waals surface area contributed by atoms with Gasteiger partial charge in [0.1, 0.15) is 0 Å². The summed E-state index contributed by atoms with van der Waals surface area (Å²) in [6.45, 7) is 13.3. The third kappa shape index (κ3) is 5.09. The molecule has 1 atom stereocenters. The molecule has 0 spiro atoms. The first-order chi connectivity index (χ1) is 14.0. The van der Waals surface area contributed by atoms with Crippen molar-refractivity contribution in [3.63, 3.8) is 0 Å². The van der Waals surface area contributed by atoms with E-state index >= 15 is 0 Å². The summed E-state index contributed by atoms with van der Waals surface area (Å²) in [5, 5.41) is 0. The molecule has 0 aliphatic heterocycles. The van der Waals surface area contributed by atoms with Crippen LogP contribution < -0.4 is 4.90 Å². The van der Waals surface area contributed by atoms with Gasteiger partial charge in [0.15, 0.2) is 0 Å².